The van der Waals surface area contributed by atoms with Gasteiger partial charge in [0, 0.05) is 13.0 Å². The molecule has 3 heteroatoms. The predicted octanol–water partition coefficient (Wildman–Crippen LogP) is 3.06. The van der Waals surface area contributed by atoms with Crippen LogP contribution in [0.5, 0.6) is 0 Å². The van der Waals surface area contributed by atoms with Crippen molar-refractivity contribution >= 4 is 5.91 Å². The third-order valence-corrected chi connectivity index (χ3v) is 3.79. The Morgan fingerprint density at radius 1 is 1.15 bits per heavy atom. The molecule has 1 rings (SSSR count). The van der Waals surface area contributed by atoms with Gasteiger partial charge in [-0.25, -0.2) is 0 Å². The Hall–Kier alpha value is -1.35. The minimum atomic E-state index is 0.161. The van der Waals surface area contributed by atoms with Crippen LogP contribution in [0.4, 0.5) is 0 Å². The van der Waals surface area contributed by atoms with Crippen LogP contribution in [0.15, 0.2) is 30.3 Å². The number of nitrogens with two attached hydrogens (primary N) is 1. The fourth-order valence-electron chi connectivity index (χ4n) is 2.27. The highest BCUT2D eigenvalue weighted by Crippen LogP contribution is 2.17. The maximum absolute atomic E-state index is 11.7. The van der Waals surface area contributed by atoms with Gasteiger partial charge >= 0.3 is 0 Å². The maximum Gasteiger partial charge on any atom is 0.220 e. The molecular weight excluding hydrogens is 248 g/mol. The van der Waals surface area contributed by atoms with Crippen molar-refractivity contribution in [3.8, 4) is 0 Å². The summed E-state index contributed by atoms with van der Waals surface area (Å²) in [5.41, 5.74) is 6.84. The van der Waals surface area contributed by atoms with Crippen molar-refractivity contribution in [1.82, 2.24) is 5.32 Å². The third kappa shape index (κ3) is 6.71. The summed E-state index contributed by atoms with van der Waals surface area (Å²) in [5.74, 6) is 1.18. The number of hydrogen-bond donors (Lipinski definition) is 2. The summed E-state index contributed by atoms with van der Waals surface area (Å²) in [7, 11) is 0. The quantitative estimate of drug-likeness (QED) is 0.728. The molecule has 0 bridgehead atoms. The topological polar surface area (TPSA) is 55.1 Å². The number of rotatable bonds is 9. The number of carbonyl (C=O) groups excluding carboxylic acids is 1. The molecule has 2 atom stereocenters. The van der Waals surface area contributed by atoms with Crippen molar-refractivity contribution in [2.45, 2.75) is 45.4 Å². The summed E-state index contributed by atoms with van der Waals surface area (Å²) in [4.78, 5) is 11.7. The molecule has 112 valence electrons. The zero-order valence-electron chi connectivity index (χ0n) is 12.8. The van der Waals surface area contributed by atoms with Crippen LogP contribution >= 0.6 is 0 Å². The van der Waals surface area contributed by atoms with Gasteiger partial charge in [0.1, 0.15) is 0 Å². The molecule has 0 fully saturated rings. The van der Waals surface area contributed by atoms with Crippen LogP contribution in [0.3, 0.4) is 0 Å². The molecule has 3 N–H and O–H groups in total. The van der Waals surface area contributed by atoms with Gasteiger partial charge < -0.3 is 11.1 Å². The van der Waals surface area contributed by atoms with E-state index in [1.54, 1.807) is 0 Å². The molecule has 0 aliphatic rings. The second-order valence-corrected chi connectivity index (χ2v) is 5.67. The molecule has 0 heterocycles. The number of hydrogen-bond acceptors (Lipinski definition) is 2. The smallest absolute Gasteiger partial charge is 0.220 e. The number of nitrogens with one attached hydrogen (secondary N) is 1. The minimum absolute atomic E-state index is 0.161. The Kier molecular flexibility index (Phi) is 7.97. The molecule has 1 aromatic carbocycles. The molecule has 0 spiro atoms. The van der Waals surface area contributed by atoms with Gasteiger partial charge in [0.25, 0.3) is 0 Å². The number of benzene rings is 1. The Labute approximate surface area is 122 Å². The third-order valence-electron chi connectivity index (χ3n) is 3.79. The van der Waals surface area contributed by atoms with Gasteiger partial charge in [0.05, 0.1) is 0 Å². The molecule has 1 amide bonds. The van der Waals surface area contributed by atoms with E-state index in [0.717, 1.165) is 25.8 Å². The zero-order valence-corrected chi connectivity index (χ0v) is 12.8. The van der Waals surface area contributed by atoms with Crippen LogP contribution < -0.4 is 11.1 Å². The number of carbonyl (C=O) groups is 1. The second-order valence-electron chi connectivity index (χ2n) is 5.67. The lowest BCUT2D eigenvalue weighted by Gasteiger charge is -2.13. The molecule has 0 radical (unpaired) electrons. The monoisotopic (exact) mass is 276 g/mol. The van der Waals surface area contributed by atoms with E-state index in [1.807, 2.05) is 6.07 Å². The Bertz CT molecular complexity index is 378. The van der Waals surface area contributed by atoms with Crippen molar-refractivity contribution in [3.05, 3.63) is 35.9 Å². The van der Waals surface area contributed by atoms with Crippen LogP contribution in [-0.4, -0.2) is 19.0 Å². The van der Waals surface area contributed by atoms with E-state index in [-0.39, 0.29) is 5.91 Å². The summed E-state index contributed by atoms with van der Waals surface area (Å²) < 4.78 is 0. The van der Waals surface area contributed by atoms with Crippen LogP contribution in [0.25, 0.3) is 0 Å². The van der Waals surface area contributed by atoms with E-state index >= 15 is 0 Å². The second kappa shape index (κ2) is 9.54. The van der Waals surface area contributed by atoms with Gasteiger partial charge in [0.2, 0.25) is 5.91 Å². The summed E-state index contributed by atoms with van der Waals surface area (Å²) in [5, 5.41) is 3.01. The SMILES string of the molecule is CC(CCN)CCC(=O)NCCC(C)c1ccccc1. The first-order valence-corrected chi connectivity index (χ1v) is 7.65. The highest BCUT2D eigenvalue weighted by atomic mass is 16.1. The van der Waals surface area contributed by atoms with E-state index in [2.05, 4.69) is 43.4 Å². The van der Waals surface area contributed by atoms with E-state index in [9.17, 15) is 4.79 Å². The molecule has 0 aliphatic heterocycles. The van der Waals surface area contributed by atoms with Gasteiger partial charge in [0.15, 0.2) is 0 Å². The molecular formula is C17H28N2O. The van der Waals surface area contributed by atoms with E-state index in [1.165, 1.54) is 5.56 Å². The van der Waals surface area contributed by atoms with Gasteiger partial charge in [-0.05, 0) is 43.2 Å². The van der Waals surface area contributed by atoms with Crippen molar-refractivity contribution in [2.75, 3.05) is 13.1 Å². The fraction of sp³-hybridized carbons (Fsp3) is 0.588. The Balaban J connectivity index is 2.16. The van der Waals surface area contributed by atoms with Gasteiger partial charge in [-0.15, -0.1) is 0 Å². The standard InChI is InChI=1S/C17H28N2O/c1-14(10-12-18)8-9-17(20)19-13-11-15(2)16-6-4-3-5-7-16/h3-7,14-15H,8-13,18H2,1-2H3,(H,19,20). The Morgan fingerprint density at radius 3 is 2.50 bits per heavy atom. The van der Waals surface area contributed by atoms with Crippen LogP contribution in [-0.2, 0) is 4.79 Å². The lowest BCUT2D eigenvalue weighted by Crippen LogP contribution is -2.25. The molecule has 0 aromatic heterocycles. The lowest BCUT2D eigenvalue weighted by atomic mass is 9.98. The van der Waals surface area contributed by atoms with Gasteiger partial charge in [-0.2, -0.15) is 0 Å². The van der Waals surface area contributed by atoms with Crippen LogP contribution in [0.2, 0.25) is 0 Å². The molecule has 0 aliphatic carbocycles. The average Bonchev–Trinajstić information content (AvgIpc) is 2.46. The predicted molar refractivity (Wildman–Crippen MR) is 84.6 cm³/mol. The van der Waals surface area contributed by atoms with Crippen LogP contribution in [0, 0.1) is 5.92 Å². The summed E-state index contributed by atoms with van der Waals surface area (Å²) >= 11 is 0. The average molecular weight is 276 g/mol. The largest absolute Gasteiger partial charge is 0.356 e. The first kappa shape index (κ1) is 16.7. The first-order valence-electron chi connectivity index (χ1n) is 7.65. The molecule has 0 saturated heterocycles. The maximum atomic E-state index is 11.7. The fourth-order valence-corrected chi connectivity index (χ4v) is 2.27. The molecule has 2 unspecified atom stereocenters. The Morgan fingerprint density at radius 2 is 1.85 bits per heavy atom. The van der Waals surface area contributed by atoms with Crippen LogP contribution in [0.1, 0.15) is 51.0 Å². The van der Waals surface area contributed by atoms with Crippen molar-refractivity contribution in [1.29, 1.82) is 0 Å². The first-order chi connectivity index (χ1) is 9.63. The normalized spacial score (nSPS) is 13.8. The van der Waals surface area contributed by atoms with E-state index < -0.39 is 0 Å². The molecule has 0 saturated carbocycles. The molecule has 20 heavy (non-hydrogen) atoms. The lowest BCUT2D eigenvalue weighted by molar-refractivity contribution is -0.121. The minimum Gasteiger partial charge on any atom is -0.356 e. The zero-order chi connectivity index (χ0) is 14.8. The van der Waals surface area contributed by atoms with Crippen molar-refractivity contribution < 1.29 is 4.79 Å². The van der Waals surface area contributed by atoms with E-state index in [4.69, 9.17) is 5.73 Å². The van der Waals surface area contributed by atoms with Gasteiger partial charge in [-0.1, -0.05) is 44.2 Å². The molecule has 3 nitrogen and oxygen atoms in total. The molecule has 1 aromatic rings. The number of amides is 1. The highest BCUT2D eigenvalue weighted by Gasteiger charge is 2.08. The van der Waals surface area contributed by atoms with Crippen molar-refractivity contribution in [3.63, 3.8) is 0 Å². The van der Waals surface area contributed by atoms with E-state index in [0.29, 0.717) is 24.8 Å². The summed E-state index contributed by atoms with van der Waals surface area (Å²) in [6.45, 7) is 5.81. The van der Waals surface area contributed by atoms with Gasteiger partial charge in [-0.3, -0.25) is 4.79 Å². The summed E-state index contributed by atoms with van der Waals surface area (Å²) in [6, 6.07) is 10.4. The highest BCUT2D eigenvalue weighted by molar-refractivity contribution is 5.75. The summed E-state index contributed by atoms with van der Waals surface area (Å²) in [6.07, 6.45) is 3.52. The van der Waals surface area contributed by atoms with Crippen molar-refractivity contribution in [2.24, 2.45) is 11.7 Å².